The standard InChI is InChI=1S/C14H30N2O/c1-4-14(17)9-7-10-15(3)12-13-8-6-11-16(13)5-2/h13-14,17H,4-12H2,1-3H3. The molecule has 102 valence electrons. The van der Waals surface area contributed by atoms with Gasteiger partial charge in [0.2, 0.25) is 0 Å². The van der Waals surface area contributed by atoms with Gasteiger partial charge in [-0.1, -0.05) is 13.8 Å². The van der Waals surface area contributed by atoms with Crippen LogP contribution in [0.15, 0.2) is 0 Å². The zero-order valence-corrected chi connectivity index (χ0v) is 11.9. The van der Waals surface area contributed by atoms with Crippen LogP contribution in [-0.4, -0.2) is 60.3 Å². The molecule has 0 aromatic carbocycles. The molecule has 0 aromatic heterocycles. The van der Waals surface area contributed by atoms with Crippen LogP contribution < -0.4 is 0 Å². The number of hydrogen-bond acceptors (Lipinski definition) is 3. The molecular weight excluding hydrogens is 212 g/mol. The Morgan fingerprint density at radius 1 is 1.41 bits per heavy atom. The Bertz CT molecular complexity index is 199. The maximum Gasteiger partial charge on any atom is 0.0538 e. The molecule has 1 rings (SSSR count). The topological polar surface area (TPSA) is 26.7 Å². The van der Waals surface area contributed by atoms with Crippen LogP contribution in [0, 0.1) is 0 Å². The second-order valence-corrected chi connectivity index (χ2v) is 5.39. The lowest BCUT2D eigenvalue weighted by Gasteiger charge is -2.27. The number of nitrogens with zero attached hydrogens (tertiary/aromatic N) is 2. The van der Waals surface area contributed by atoms with E-state index in [2.05, 4.69) is 23.8 Å². The van der Waals surface area contributed by atoms with E-state index in [1.54, 1.807) is 0 Å². The Morgan fingerprint density at radius 3 is 2.82 bits per heavy atom. The van der Waals surface area contributed by atoms with Crippen LogP contribution in [0.1, 0.15) is 46.0 Å². The Balaban J connectivity index is 2.13. The fraction of sp³-hybridized carbons (Fsp3) is 1.00. The summed E-state index contributed by atoms with van der Waals surface area (Å²) >= 11 is 0. The Morgan fingerprint density at radius 2 is 2.18 bits per heavy atom. The fourth-order valence-corrected chi connectivity index (χ4v) is 2.77. The third-order valence-electron chi connectivity index (χ3n) is 3.98. The molecule has 0 spiro atoms. The second kappa shape index (κ2) is 8.06. The summed E-state index contributed by atoms with van der Waals surface area (Å²) in [5.74, 6) is 0. The molecule has 17 heavy (non-hydrogen) atoms. The van der Waals surface area contributed by atoms with E-state index in [1.165, 1.54) is 32.5 Å². The average Bonchev–Trinajstić information content (AvgIpc) is 2.76. The molecule has 1 fully saturated rings. The highest BCUT2D eigenvalue weighted by Gasteiger charge is 2.23. The van der Waals surface area contributed by atoms with Crippen molar-refractivity contribution < 1.29 is 5.11 Å². The molecule has 2 atom stereocenters. The highest BCUT2D eigenvalue weighted by atomic mass is 16.3. The predicted octanol–water partition coefficient (Wildman–Crippen LogP) is 1.95. The van der Waals surface area contributed by atoms with E-state index in [-0.39, 0.29) is 6.10 Å². The first kappa shape index (κ1) is 14.9. The van der Waals surface area contributed by atoms with Gasteiger partial charge in [0.05, 0.1) is 6.10 Å². The van der Waals surface area contributed by atoms with E-state index < -0.39 is 0 Å². The first-order chi connectivity index (χ1) is 8.17. The molecule has 1 N–H and O–H groups in total. The number of likely N-dealkylation sites (N-methyl/N-ethyl adjacent to an activating group) is 2. The van der Waals surface area contributed by atoms with Gasteiger partial charge in [-0.05, 0) is 58.8 Å². The summed E-state index contributed by atoms with van der Waals surface area (Å²) in [6, 6.07) is 0.765. The first-order valence-corrected chi connectivity index (χ1v) is 7.28. The van der Waals surface area contributed by atoms with Crippen LogP contribution in [0.4, 0.5) is 0 Å². The molecular formula is C14H30N2O. The van der Waals surface area contributed by atoms with Crippen molar-refractivity contribution in [1.29, 1.82) is 0 Å². The van der Waals surface area contributed by atoms with Gasteiger partial charge in [-0.15, -0.1) is 0 Å². The number of aliphatic hydroxyl groups excluding tert-OH is 1. The van der Waals surface area contributed by atoms with E-state index in [0.717, 1.165) is 31.8 Å². The number of likely N-dealkylation sites (tertiary alicyclic amines) is 1. The van der Waals surface area contributed by atoms with Gasteiger partial charge in [0.15, 0.2) is 0 Å². The lowest BCUT2D eigenvalue weighted by molar-refractivity contribution is 0.146. The van der Waals surface area contributed by atoms with Crippen molar-refractivity contribution in [2.75, 3.05) is 33.2 Å². The smallest absolute Gasteiger partial charge is 0.0538 e. The van der Waals surface area contributed by atoms with Crippen molar-refractivity contribution >= 4 is 0 Å². The molecule has 3 nitrogen and oxygen atoms in total. The fourth-order valence-electron chi connectivity index (χ4n) is 2.77. The zero-order valence-electron chi connectivity index (χ0n) is 11.9. The van der Waals surface area contributed by atoms with Crippen molar-refractivity contribution in [2.24, 2.45) is 0 Å². The van der Waals surface area contributed by atoms with Gasteiger partial charge >= 0.3 is 0 Å². The Kier molecular flexibility index (Phi) is 7.09. The molecule has 1 aliphatic rings. The van der Waals surface area contributed by atoms with Crippen LogP contribution in [0.5, 0.6) is 0 Å². The quantitative estimate of drug-likeness (QED) is 0.705. The summed E-state index contributed by atoms with van der Waals surface area (Å²) < 4.78 is 0. The minimum atomic E-state index is -0.0954. The number of rotatable bonds is 8. The van der Waals surface area contributed by atoms with Gasteiger partial charge in [-0.25, -0.2) is 0 Å². The summed E-state index contributed by atoms with van der Waals surface area (Å²) in [5.41, 5.74) is 0. The molecule has 0 radical (unpaired) electrons. The molecule has 0 bridgehead atoms. The average molecular weight is 242 g/mol. The maximum atomic E-state index is 9.51. The van der Waals surface area contributed by atoms with Crippen molar-refractivity contribution in [3.8, 4) is 0 Å². The van der Waals surface area contributed by atoms with E-state index in [4.69, 9.17) is 0 Å². The molecule has 1 heterocycles. The zero-order chi connectivity index (χ0) is 12.7. The Hall–Kier alpha value is -0.120. The molecule has 0 aromatic rings. The summed E-state index contributed by atoms with van der Waals surface area (Å²) in [6.07, 6.45) is 5.57. The van der Waals surface area contributed by atoms with E-state index in [1.807, 2.05) is 6.92 Å². The predicted molar refractivity (Wildman–Crippen MR) is 73.3 cm³/mol. The van der Waals surface area contributed by atoms with Gasteiger partial charge < -0.3 is 10.0 Å². The third-order valence-corrected chi connectivity index (χ3v) is 3.98. The second-order valence-electron chi connectivity index (χ2n) is 5.39. The van der Waals surface area contributed by atoms with Gasteiger partial charge in [0, 0.05) is 12.6 Å². The van der Waals surface area contributed by atoms with Gasteiger partial charge in [0.25, 0.3) is 0 Å². The molecule has 1 aliphatic heterocycles. The lowest BCUT2D eigenvalue weighted by Crippen LogP contribution is -2.39. The minimum Gasteiger partial charge on any atom is -0.393 e. The summed E-state index contributed by atoms with van der Waals surface area (Å²) in [4.78, 5) is 5.03. The van der Waals surface area contributed by atoms with Crippen molar-refractivity contribution in [2.45, 2.75) is 58.1 Å². The largest absolute Gasteiger partial charge is 0.393 e. The van der Waals surface area contributed by atoms with Crippen LogP contribution in [0.25, 0.3) is 0 Å². The molecule has 3 heteroatoms. The van der Waals surface area contributed by atoms with Gasteiger partial charge in [-0.2, -0.15) is 0 Å². The van der Waals surface area contributed by atoms with E-state index >= 15 is 0 Å². The van der Waals surface area contributed by atoms with Gasteiger partial charge in [-0.3, -0.25) is 4.90 Å². The third kappa shape index (κ3) is 5.36. The van der Waals surface area contributed by atoms with Crippen molar-refractivity contribution in [3.63, 3.8) is 0 Å². The molecule has 0 saturated carbocycles. The van der Waals surface area contributed by atoms with Gasteiger partial charge in [0.1, 0.15) is 0 Å². The molecule has 0 aliphatic carbocycles. The van der Waals surface area contributed by atoms with Crippen LogP contribution in [-0.2, 0) is 0 Å². The number of aliphatic hydroxyl groups is 1. The Labute approximate surface area is 107 Å². The highest BCUT2D eigenvalue weighted by Crippen LogP contribution is 2.17. The monoisotopic (exact) mass is 242 g/mol. The molecule has 0 amide bonds. The first-order valence-electron chi connectivity index (χ1n) is 7.28. The SMILES string of the molecule is CCC(O)CCCN(C)CC1CCCN1CC. The van der Waals surface area contributed by atoms with E-state index in [9.17, 15) is 5.11 Å². The summed E-state index contributed by atoms with van der Waals surface area (Å²) in [6.45, 7) is 9.08. The van der Waals surface area contributed by atoms with Crippen LogP contribution in [0.2, 0.25) is 0 Å². The number of hydrogen-bond donors (Lipinski definition) is 1. The van der Waals surface area contributed by atoms with E-state index in [0.29, 0.717) is 0 Å². The van der Waals surface area contributed by atoms with Crippen molar-refractivity contribution in [1.82, 2.24) is 9.80 Å². The maximum absolute atomic E-state index is 9.51. The summed E-state index contributed by atoms with van der Waals surface area (Å²) in [7, 11) is 2.21. The van der Waals surface area contributed by atoms with Crippen LogP contribution >= 0.6 is 0 Å². The molecule has 2 unspecified atom stereocenters. The highest BCUT2D eigenvalue weighted by molar-refractivity contribution is 4.80. The van der Waals surface area contributed by atoms with Crippen LogP contribution in [0.3, 0.4) is 0 Å². The normalized spacial score (nSPS) is 23.5. The molecule has 1 saturated heterocycles. The lowest BCUT2D eigenvalue weighted by atomic mass is 10.1. The van der Waals surface area contributed by atoms with Crippen molar-refractivity contribution in [3.05, 3.63) is 0 Å². The summed E-state index contributed by atoms with van der Waals surface area (Å²) in [5, 5.41) is 9.51. The minimum absolute atomic E-state index is 0.0954.